The van der Waals surface area contributed by atoms with Crippen LogP contribution in [0, 0.1) is 0 Å². The fourth-order valence-corrected chi connectivity index (χ4v) is 2.18. The Labute approximate surface area is 72.0 Å². The van der Waals surface area contributed by atoms with Gasteiger partial charge in [0.1, 0.15) is 0 Å². The number of rotatable bonds is 1. The van der Waals surface area contributed by atoms with Crippen LogP contribution < -0.4 is 0 Å². The summed E-state index contributed by atoms with van der Waals surface area (Å²) in [5.41, 5.74) is 0.858. The average molecular weight is 167 g/mol. The van der Waals surface area contributed by atoms with Crippen molar-refractivity contribution in [2.24, 2.45) is 0 Å². The van der Waals surface area contributed by atoms with Crippen molar-refractivity contribution in [2.45, 2.75) is 24.9 Å². The fourth-order valence-electron chi connectivity index (χ4n) is 2.18. The van der Waals surface area contributed by atoms with Gasteiger partial charge >= 0.3 is 5.97 Å². The molecule has 3 heteroatoms. The molecule has 2 rings (SSSR count). The van der Waals surface area contributed by atoms with Gasteiger partial charge in [0.25, 0.3) is 0 Å². The van der Waals surface area contributed by atoms with E-state index in [-0.39, 0.29) is 5.97 Å². The predicted octanol–water partition coefficient (Wildman–Crippen LogP) is 0.562. The van der Waals surface area contributed by atoms with Crippen LogP contribution in [0.25, 0.3) is 0 Å². The Balaban J connectivity index is 2.20. The van der Waals surface area contributed by atoms with Gasteiger partial charge in [-0.1, -0.05) is 6.08 Å². The van der Waals surface area contributed by atoms with E-state index in [9.17, 15) is 4.79 Å². The SMILES string of the molecule is COC(=O)C1=CC2CCC1N2C. The standard InChI is InChI=1S/C9H13NO2/c1-10-6-3-4-8(10)7(5-6)9(11)12-2/h5-6,8H,3-4H2,1-2H3. The summed E-state index contributed by atoms with van der Waals surface area (Å²) >= 11 is 0. The lowest BCUT2D eigenvalue weighted by molar-refractivity contribution is -0.136. The molecule has 0 aliphatic carbocycles. The van der Waals surface area contributed by atoms with Crippen molar-refractivity contribution in [3.63, 3.8) is 0 Å². The van der Waals surface area contributed by atoms with Crippen LogP contribution in [0.2, 0.25) is 0 Å². The molecule has 2 heterocycles. The molecule has 0 N–H and O–H groups in total. The van der Waals surface area contributed by atoms with E-state index in [1.54, 1.807) is 0 Å². The molecule has 2 atom stereocenters. The Kier molecular flexibility index (Phi) is 1.68. The number of carbonyl (C=O) groups excluding carboxylic acids is 1. The number of esters is 1. The Hall–Kier alpha value is -0.830. The lowest BCUT2D eigenvalue weighted by Gasteiger charge is -2.16. The first-order valence-corrected chi connectivity index (χ1v) is 4.26. The number of carbonyl (C=O) groups is 1. The normalized spacial score (nSPS) is 33.7. The van der Waals surface area contributed by atoms with E-state index in [1.165, 1.54) is 13.5 Å². The second-order valence-corrected chi connectivity index (χ2v) is 3.44. The molecule has 0 spiro atoms. The number of likely N-dealkylation sites (N-methyl/N-ethyl adjacent to an activating group) is 1. The minimum absolute atomic E-state index is 0.158. The summed E-state index contributed by atoms with van der Waals surface area (Å²) in [4.78, 5) is 13.5. The molecule has 66 valence electrons. The van der Waals surface area contributed by atoms with Crippen molar-refractivity contribution in [3.8, 4) is 0 Å². The third kappa shape index (κ3) is 0.894. The molecule has 1 saturated heterocycles. The van der Waals surface area contributed by atoms with Gasteiger partial charge in [-0.3, -0.25) is 4.90 Å². The molecule has 0 aromatic rings. The van der Waals surface area contributed by atoms with Gasteiger partial charge in [-0.2, -0.15) is 0 Å². The van der Waals surface area contributed by atoms with Crippen LogP contribution in [0.4, 0.5) is 0 Å². The topological polar surface area (TPSA) is 29.5 Å². The maximum atomic E-state index is 11.2. The smallest absolute Gasteiger partial charge is 0.335 e. The highest BCUT2D eigenvalue weighted by atomic mass is 16.5. The summed E-state index contributed by atoms with van der Waals surface area (Å²) in [5.74, 6) is -0.158. The van der Waals surface area contributed by atoms with Gasteiger partial charge in [-0.25, -0.2) is 4.79 Å². The number of hydrogen-bond acceptors (Lipinski definition) is 3. The van der Waals surface area contributed by atoms with E-state index in [0.717, 1.165) is 12.0 Å². The van der Waals surface area contributed by atoms with Crippen molar-refractivity contribution in [1.82, 2.24) is 4.90 Å². The lowest BCUT2D eigenvalue weighted by atomic mass is 10.00. The molecule has 2 aliphatic heterocycles. The minimum atomic E-state index is -0.158. The van der Waals surface area contributed by atoms with Crippen LogP contribution in [-0.2, 0) is 9.53 Å². The van der Waals surface area contributed by atoms with Gasteiger partial charge in [0.2, 0.25) is 0 Å². The monoisotopic (exact) mass is 167 g/mol. The van der Waals surface area contributed by atoms with Gasteiger partial charge in [0, 0.05) is 12.1 Å². The average Bonchev–Trinajstić information content (AvgIpc) is 2.60. The molecule has 0 amide bonds. The molecule has 2 bridgehead atoms. The predicted molar refractivity (Wildman–Crippen MR) is 44.7 cm³/mol. The maximum Gasteiger partial charge on any atom is 0.335 e. The zero-order valence-corrected chi connectivity index (χ0v) is 7.41. The van der Waals surface area contributed by atoms with Crippen LogP contribution in [-0.4, -0.2) is 37.1 Å². The Bertz CT molecular complexity index is 247. The summed E-state index contributed by atoms with van der Waals surface area (Å²) in [6, 6.07) is 0.798. The highest BCUT2D eigenvalue weighted by Crippen LogP contribution is 2.35. The van der Waals surface area contributed by atoms with E-state index in [2.05, 4.69) is 11.9 Å². The minimum Gasteiger partial charge on any atom is -0.466 e. The van der Waals surface area contributed by atoms with E-state index >= 15 is 0 Å². The number of nitrogens with zero attached hydrogens (tertiary/aromatic N) is 1. The summed E-state index contributed by atoms with van der Waals surface area (Å²) in [5, 5.41) is 0. The van der Waals surface area contributed by atoms with E-state index in [1.807, 2.05) is 6.08 Å². The van der Waals surface area contributed by atoms with Crippen LogP contribution >= 0.6 is 0 Å². The highest BCUT2D eigenvalue weighted by molar-refractivity contribution is 5.90. The second-order valence-electron chi connectivity index (χ2n) is 3.44. The molecule has 0 aromatic carbocycles. The highest BCUT2D eigenvalue weighted by Gasteiger charge is 2.40. The van der Waals surface area contributed by atoms with Crippen LogP contribution in [0.1, 0.15) is 12.8 Å². The molecule has 0 saturated carbocycles. The molecule has 0 aromatic heterocycles. The largest absolute Gasteiger partial charge is 0.466 e. The van der Waals surface area contributed by atoms with E-state index < -0.39 is 0 Å². The van der Waals surface area contributed by atoms with Gasteiger partial charge in [0.15, 0.2) is 0 Å². The molecule has 3 nitrogen and oxygen atoms in total. The second kappa shape index (κ2) is 2.59. The maximum absolute atomic E-state index is 11.2. The van der Waals surface area contributed by atoms with Gasteiger partial charge in [0.05, 0.1) is 12.7 Å². The van der Waals surface area contributed by atoms with Crippen molar-refractivity contribution in [2.75, 3.05) is 14.2 Å². The van der Waals surface area contributed by atoms with Gasteiger partial charge < -0.3 is 4.74 Å². The molecule has 0 radical (unpaired) electrons. The first-order chi connectivity index (χ1) is 5.74. The van der Waals surface area contributed by atoms with Crippen molar-refractivity contribution in [3.05, 3.63) is 11.6 Å². The van der Waals surface area contributed by atoms with Crippen LogP contribution in [0.3, 0.4) is 0 Å². The Morgan fingerprint density at radius 3 is 2.83 bits per heavy atom. The number of ether oxygens (including phenoxy) is 1. The molecule has 12 heavy (non-hydrogen) atoms. The molecular weight excluding hydrogens is 154 g/mol. The molecule has 1 fully saturated rings. The lowest BCUT2D eigenvalue weighted by Crippen LogP contribution is -2.27. The van der Waals surface area contributed by atoms with Gasteiger partial charge in [-0.05, 0) is 19.9 Å². The number of hydrogen-bond donors (Lipinski definition) is 0. The number of fused-ring (bicyclic) bond motifs is 2. The molecule has 2 aliphatic rings. The van der Waals surface area contributed by atoms with Crippen molar-refractivity contribution >= 4 is 5.97 Å². The number of methoxy groups -OCH3 is 1. The van der Waals surface area contributed by atoms with Crippen molar-refractivity contribution in [1.29, 1.82) is 0 Å². The summed E-state index contributed by atoms with van der Waals surface area (Å²) in [7, 11) is 3.50. The Morgan fingerprint density at radius 2 is 2.42 bits per heavy atom. The molecular formula is C9H13NO2. The third-order valence-corrected chi connectivity index (χ3v) is 2.90. The van der Waals surface area contributed by atoms with Crippen LogP contribution in [0.5, 0.6) is 0 Å². The first kappa shape index (κ1) is 7.80. The Morgan fingerprint density at radius 1 is 1.67 bits per heavy atom. The van der Waals surface area contributed by atoms with Crippen LogP contribution in [0.15, 0.2) is 11.6 Å². The zero-order valence-electron chi connectivity index (χ0n) is 7.41. The molecule has 2 unspecified atom stereocenters. The van der Waals surface area contributed by atoms with E-state index in [0.29, 0.717) is 12.1 Å². The first-order valence-electron chi connectivity index (χ1n) is 4.26. The third-order valence-electron chi connectivity index (χ3n) is 2.90. The zero-order chi connectivity index (χ0) is 8.72. The summed E-state index contributed by atoms with van der Waals surface area (Å²) < 4.78 is 4.70. The van der Waals surface area contributed by atoms with E-state index in [4.69, 9.17) is 4.74 Å². The van der Waals surface area contributed by atoms with Crippen molar-refractivity contribution < 1.29 is 9.53 Å². The summed E-state index contributed by atoms with van der Waals surface area (Å²) in [6.45, 7) is 0. The van der Waals surface area contributed by atoms with Gasteiger partial charge in [-0.15, -0.1) is 0 Å². The fraction of sp³-hybridized carbons (Fsp3) is 0.667. The summed E-state index contributed by atoms with van der Waals surface area (Å²) in [6.07, 6.45) is 4.32. The quantitative estimate of drug-likeness (QED) is 0.534.